The molecule has 2 rings (SSSR count). The number of furan rings is 1. The summed E-state index contributed by atoms with van der Waals surface area (Å²) in [6.45, 7) is 4.37. The highest BCUT2D eigenvalue weighted by Crippen LogP contribution is 2.41. The van der Waals surface area contributed by atoms with Gasteiger partial charge in [-0.25, -0.2) is 4.79 Å². The predicted molar refractivity (Wildman–Crippen MR) is 63.4 cm³/mol. The maximum absolute atomic E-state index is 10.8. The molecule has 1 aromatic rings. The normalized spacial score (nSPS) is 32.4. The zero-order chi connectivity index (χ0) is 13.4. The van der Waals surface area contributed by atoms with Crippen LogP contribution in [0.5, 0.6) is 0 Å². The molecule has 2 unspecified atom stereocenters. The van der Waals surface area contributed by atoms with Gasteiger partial charge in [-0.15, -0.1) is 0 Å². The van der Waals surface area contributed by atoms with Crippen molar-refractivity contribution in [2.45, 2.75) is 44.3 Å². The van der Waals surface area contributed by atoms with Crippen LogP contribution in [0.3, 0.4) is 0 Å². The highest BCUT2D eigenvalue weighted by atomic mass is 16.5. The third kappa shape index (κ3) is 2.28. The van der Waals surface area contributed by atoms with E-state index in [9.17, 15) is 9.90 Å². The van der Waals surface area contributed by atoms with Crippen molar-refractivity contribution in [1.29, 1.82) is 0 Å². The SMILES string of the molecule is CCC1(C)CC(O)(c2ccc(C(=O)O)o2)CCO1. The van der Waals surface area contributed by atoms with Gasteiger partial charge in [0.15, 0.2) is 0 Å². The first-order valence-electron chi connectivity index (χ1n) is 6.08. The maximum atomic E-state index is 10.8. The van der Waals surface area contributed by atoms with E-state index in [1.165, 1.54) is 12.1 Å². The Morgan fingerprint density at radius 1 is 1.50 bits per heavy atom. The van der Waals surface area contributed by atoms with Crippen LogP contribution in [-0.4, -0.2) is 28.4 Å². The quantitative estimate of drug-likeness (QED) is 0.863. The Labute approximate surface area is 105 Å². The van der Waals surface area contributed by atoms with Gasteiger partial charge in [-0.3, -0.25) is 0 Å². The van der Waals surface area contributed by atoms with E-state index in [1.807, 2.05) is 13.8 Å². The smallest absolute Gasteiger partial charge is 0.371 e. The van der Waals surface area contributed by atoms with Crippen LogP contribution >= 0.6 is 0 Å². The van der Waals surface area contributed by atoms with Gasteiger partial charge in [-0.1, -0.05) is 6.92 Å². The summed E-state index contributed by atoms with van der Waals surface area (Å²) >= 11 is 0. The minimum atomic E-state index is -1.14. The molecule has 1 aliphatic rings. The molecule has 1 aliphatic heterocycles. The number of carboxylic acid groups (broad SMARTS) is 1. The van der Waals surface area contributed by atoms with Gasteiger partial charge in [0.1, 0.15) is 11.4 Å². The highest BCUT2D eigenvalue weighted by Gasteiger charge is 2.44. The van der Waals surface area contributed by atoms with E-state index in [0.29, 0.717) is 25.2 Å². The molecule has 1 aromatic heterocycles. The van der Waals surface area contributed by atoms with Crippen molar-refractivity contribution < 1.29 is 24.2 Å². The lowest BCUT2D eigenvalue weighted by molar-refractivity contribution is -0.164. The number of rotatable bonds is 3. The Morgan fingerprint density at radius 3 is 2.78 bits per heavy atom. The molecule has 18 heavy (non-hydrogen) atoms. The monoisotopic (exact) mass is 254 g/mol. The molecular formula is C13H18O5. The Kier molecular flexibility index (Phi) is 3.21. The molecule has 1 saturated heterocycles. The molecule has 1 fully saturated rings. The van der Waals surface area contributed by atoms with Crippen molar-refractivity contribution in [1.82, 2.24) is 0 Å². The molecular weight excluding hydrogens is 236 g/mol. The average Bonchev–Trinajstić information content (AvgIpc) is 2.79. The fourth-order valence-electron chi connectivity index (χ4n) is 2.36. The molecule has 5 heteroatoms. The molecule has 2 N–H and O–H groups in total. The minimum absolute atomic E-state index is 0.150. The summed E-state index contributed by atoms with van der Waals surface area (Å²) in [4.78, 5) is 10.8. The molecule has 2 atom stereocenters. The second-order valence-electron chi connectivity index (χ2n) is 5.08. The van der Waals surface area contributed by atoms with E-state index in [2.05, 4.69) is 0 Å². The molecule has 0 spiro atoms. The summed E-state index contributed by atoms with van der Waals surface area (Å²) in [7, 11) is 0. The van der Waals surface area contributed by atoms with Crippen LogP contribution < -0.4 is 0 Å². The fourth-order valence-corrected chi connectivity index (χ4v) is 2.36. The van der Waals surface area contributed by atoms with Gasteiger partial charge in [-0.05, 0) is 25.5 Å². The van der Waals surface area contributed by atoms with E-state index in [4.69, 9.17) is 14.3 Å². The summed E-state index contributed by atoms with van der Waals surface area (Å²) in [5.41, 5.74) is -1.54. The van der Waals surface area contributed by atoms with Crippen LogP contribution in [0.15, 0.2) is 16.5 Å². The van der Waals surface area contributed by atoms with Crippen LogP contribution in [-0.2, 0) is 10.3 Å². The summed E-state index contributed by atoms with van der Waals surface area (Å²) in [5, 5.41) is 19.5. The Morgan fingerprint density at radius 2 is 2.22 bits per heavy atom. The largest absolute Gasteiger partial charge is 0.475 e. The van der Waals surface area contributed by atoms with Crippen molar-refractivity contribution >= 4 is 5.97 Å². The molecule has 5 nitrogen and oxygen atoms in total. The van der Waals surface area contributed by atoms with Crippen molar-refractivity contribution in [2.24, 2.45) is 0 Å². The van der Waals surface area contributed by atoms with Gasteiger partial charge in [0.2, 0.25) is 5.76 Å². The van der Waals surface area contributed by atoms with Crippen LogP contribution in [0.4, 0.5) is 0 Å². The van der Waals surface area contributed by atoms with Gasteiger partial charge in [0.25, 0.3) is 0 Å². The maximum Gasteiger partial charge on any atom is 0.371 e. The number of aliphatic hydroxyl groups is 1. The zero-order valence-electron chi connectivity index (χ0n) is 10.6. The number of carboxylic acids is 1. The first-order chi connectivity index (χ1) is 8.38. The summed E-state index contributed by atoms with van der Waals surface area (Å²) in [5.74, 6) is -0.971. The second kappa shape index (κ2) is 4.40. The summed E-state index contributed by atoms with van der Waals surface area (Å²) < 4.78 is 10.9. The molecule has 100 valence electrons. The number of ether oxygens (including phenoxy) is 1. The topological polar surface area (TPSA) is 79.9 Å². The number of hydrogen-bond donors (Lipinski definition) is 2. The van der Waals surface area contributed by atoms with Crippen LogP contribution in [0.2, 0.25) is 0 Å². The molecule has 2 heterocycles. The Bertz CT molecular complexity index is 452. The van der Waals surface area contributed by atoms with Gasteiger partial charge >= 0.3 is 5.97 Å². The Balaban J connectivity index is 2.26. The van der Waals surface area contributed by atoms with Crippen molar-refractivity contribution in [2.75, 3.05) is 6.61 Å². The van der Waals surface area contributed by atoms with Crippen LogP contribution in [0.25, 0.3) is 0 Å². The van der Waals surface area contributed by atoms with E-state index >= 15 is 0 Å². The standard InChI is InChI=1S/C13H18O5/c1-3-12(2)8-13(16,6-7-17-12)10-5-4-9(18-10)11(14)15/h4-5,16H,3,6-8H2,1-2H3,(H,14,15). The van der Waals surface area contributed by atoms with Gasteiger partial charge < -0.3 is 19.4 Å². The zero-order valence-corrected chi connectivity index (χ0v) is 10.6. The van der Waals surface area contributed by atoms with Crippen LogP contribution in [0, 0.1) is 0 Å². The minimum Gasteiger partial charge on any atom is -0.475 e. The fraction of sp³-hybridized carbons (Fsp3) is 0.615. The number of carbonyl (C=O) groups is 1. The first kappa shape index (κ1) is 13.1. The molecule has 0 aliphatic carbocycles. The first-order valence-corrected chi connectivity index (χ1v) is 6.08. The summed E-state index contributed by atoms with van der Waals surface area (Å²) in [6.07, 6.45) is 1.60. The lowest BCUT2D eigenvalue weighted by Gasteiger charge is -2.42. The lowest BCUT2D eigenvalue weighted by atomic mass is 9.80. The lowest BCUT2D eigenvalue weighted by Crippen LogP contribution is -2.45. The van der Waals surface area contributed by atoms with Crippen molar-refractivity contribution in [3.63, 3.8) is 0 Å². The predicted octanol–water partition coefficient (Wildman–Crippen LogP) is 2.14. The van der Waals surface area contributed by atoms with Crippen molar-refractivity contribution in [3.8, 4) is 0 Å². The van der Waals surface area contributed by atoms with Gasteiger partial charge in [-0.2, -0.15) is 0 Å². The molecule has 0 radical (unpaired) electrons. The number of hydrogen-bond acceptors (Lipinski definition) is 4. The van der Waals surface area contributed by atoms with E-state index in [-0.39, 0.29) is 5.76 Å². The van der Waals surface area contributed by atoms with E-state index < -0.39 is 17.2 Å². The van der Waals surface area contributed by atoms with Crippen LogP contribution in [0.1, 0.15) is 49.4 Å². The third-order valence-electron chi connectivity index (χ3n) is 3.66. The third-order valence-corrected chi connectivity index (χ3v) is 3.66. The molecule has 0 amide bonds. The average molecular weight is 254 g/mol. The molecule has 0 saturated carbocycles. The second-order valence-corrected chi connectivity index (χ2v) is 5.08. The Hall–Kier alpha value is -1.33. The van der Waals surface area contributed by atoms with Gasteiger partial charge in [0.05, 0.1) is 12.2 Å². The number of aromatic carboxylic acids is 1. The van der Waals surface area contributed by atoms with E-state index in [1.54, 1.807) is 0 Å². The molecule has 0 bridgehead atoms. The van der Waals surface area contributed by atoms with Gasteiger partial charge in [0, 0.05) is 12.8 Å². The van der Waals surface area contributed by atoms with Crippen molar-refractivity contribution in [3.05, 3.63) is 23.7 Å². The molecule has 0 aromatic carbocycles. The summed E-state index contributed by atoms with van der Waals surface area (Å²) in [6, 6.07) is 2.90. The highest BCUT2D eigenvalue weighted by molar-refractivity contribution is 5.84. The van der Waals surface area contributed by atoms with E-state index in [0.717, 1.165) is 6.42 Å².